The molecule has 0 aliphatic carbocycles. The smallest absolute Gasteiger partial charge is 0.221 e. The minimum absolute atomic E-state index is 0. The molecule has 6 nitrogen and oxygen atoms in total. The number of rotatable bonds is 9. The number of nitrogens with one attached hydrogen (secondary N) is 3. The van der Waals surface area contributed by atoms with E-state index in [-0.39, 0.29) is 35.9 Å². The van der Waals surface area contributed by atoms with E-state index in [1.54, 1.807) is 0 Å². The Morgan fingerprint density at radius 2 is 1.67 bits per heavy atom. The van der Waals surface area contributed by atoms with E-state index < -0.39 is 0 Å². The predicted molar refractivity (Wildman–Crippen MR) is 126 cm³/mol. The molecule has 1 rings (SSSR count). The van der Waals surface area contributed by atoms with Gasteiger partial charge in [-0.15, -0.1) is 24.0 Å². The number of carbonyl (C=O) groups is 1. The third-order valence-corrected chi connectivity index (χ3v) is 4.75. The Morgan fingerprint density at radius 3 is 2.19 bits per heavy atom. The molecule has 0 aromatic rings. The third kappa shape index (κ3) is 11.8. The Bertz CT molecular complexity index is 421. The molecule has 0 aromatic carbocycles. The number of carbonyl (C=O) groups excluding carboxylic acids is 1. The Labute approximate surface area is 183 Å². The van der Waals surface area contributed by atoms with Crippen molar-refractivity contribution in [3.05, 3.63) is 0 Å². The summed E-state index contributed by atoms with van der Waals surface area (Å²) in [6, 6.07) is 0.664. The fourth-order valence-corrected chi connectivity index (χ4v) is 3.39. The van der Waals surface area contributed by atoms with Crippen LogP contribution in [0.5, 0.6) is 0 Å². The van der Waals surface area contributed by atoms with Crippen LogP contribution in [0.15, 0.2) is 4.99 Å². The molecule has 27 heavy (non-hydrogen) atoms. The van der Waals surface area contributed by atoms with Gasteiger partial charge in [0.1, 0.15) is 0 Å². The molecule has 160 valence electrons. The van der Waals surface area contributed by atoms with Crippen LogP contribution in [0.25, 0.3) is 0 Å². The van der Waals surface area contributed by atoms with Crippen molar-refractivity contribution < 1.29 is 4.79 Å². The van der Waals surface area contributed by atoms with Crippen LogP contribution in [0, 0.1) is 5.92 Å². The second-order valence-electron chi connectivity index (χ2n) is 7.88. The van der Waals surface area contributed by atoms with E-state index in [9.17, 15) is 4.79 Å². The Hall–Kier alpha value is -0.570. The standard InChI is InChI=1S/C20H41N5O.HI/c1-6-21-20(22-12-11-19(26)24-17(4)5)23-15-18(16(2)3)25-13-9-7-8-10-14-25;/h16-18H,6-15H2,1-5H3,(H,24,26)(H2,21,22,23);1H. The molecule has 0 bridgehead atoms. The van der Waals surface area contributed by atoms with Crippen LogP contribution < -0.4 is 16.0 Å². The maximum atomic E-state index is 11.8. The minimum atomic E-state index is 0. The summed E-state index contributed by atoms with van der Waals surface area (Å²) < 4.78 is 0. The average Bonchev–Trinajstić information content (AvgIpc) is 2.83. The number of halogens is 1. The highest BCUT2D eigenvalue weighted by molar-refractivity contribution is 14.0. The van der Waals surface area contributed by atoms with Crippen molar-refractivity contribution >= 4 is 35.8 Å². The van der Waals surface area contributed by atoms with Gasteiger partial charge in [0.2, 0.25) is 5.91 Å². The Balaban J connectivity index is 0.00000676. The molecule has 3 N–H and O–H groups in total. The first-order chi connectivity index (χ1) is 12.4. The van der Waals surface area contributed by atoms with Crippen LogP contribution in [0.4, 0.5) is 0 Å². The van der Waals surface area contributed by atoms with Crippen molar-refractivity contribution in [1.29, 1.82) is 0 Å². The molecular weight excluding hydrogens is 453 g/mol. The van der Waals surface area contributed by atoms with E-state index in [4.69, 9.17) is 4.99 Å². The number of nitrogens with zero attached hydrogens (tertiary/aromatic N) is 2. The van der Waals surface area contributed by atoms with Crippen molar-refractivity contribution in [2.24, 2.45) is 10.9 Å². The lowest BCUT2D eigenvalue weighted by molar-refractivity contribution is -0.121. The van der Waals surface area contributed by atoms with Crippen LogP contribution in [-0.2, 0) is 4.79 Å². The molecule has 1 atom stereocenters. The van der Waals surface area contributed by atoms with E-state index in [0.717, 1.165) is 19.0 Å². The summed E-state index contributed by atoms with van der Waals surface area (Å²) in [6.07, 6.45) is 5.77. The van der Waals surface area contributed by atoms with Gasteiger partial charge in [-0.3, -0.25) is 14.7 Å². The first kappa shape index (κ1) is 26.4. The zero-order valence-electron chi connectivity index (χ0n) is 18.0. The number of hydrogen-bond donors (Lipinski definition) is 3. The summed E-state index contributed by atoms with van der Waals surface area (Å²) in [4.78, 5) is 19.2. The molecule has 0 aromatic heterocycles. The van der Waals surface area contributed by atoms with Crippen LogP contribution in [0.2, 0.25) is 0 Å². The fourth-order valence-electron chi connectivity index (χ4n) is 3.39. The lowest BCUT2D eigenvalue weighted by Gasteiger charge is -2.32. The molecule has 1 aliphatic rings. The van der Waals surface area contributed by atoms with Crippen molar-refractivity contribution in [2.45, 2.75) is 78.8 Å². The Morgan fingerprint density at radius 1 is 1.04 bits per heavy atom. The number of guanidine groups is 1. The largest absolute Gasteiger partial charge is 0.357 e. The van der Waals surface area contributed by atoms with Gasteiger partial charge in [-0.2, -0.15) is 0 Å². The lowest BCUT2D eigenvalue weighted by Crippen LogP contribution is -2.44. The van der Waals surface area contributed by atoms with E-state index in [2.05, 4.69) is 41.6 Å². The van der Waals surface area contributed by atoms with Gasteiger partial charge in [-0.05, 0) is 52.6 Å². The molecule has 7 heteroatoms. The number of aliphatic imine (C=N–C) groups is 1. The van der Waals surface area contributed by atoms with Gasteiger partial charge in [0.15, 0.2) is 5.96 Å². The molecule has 1 amide bonds. The average molecular weight is 495 g/mol. The highest BCUT2D eigenvalue weighted by Crippen LogP contribution is 2.17. The first-order valence-corrected chi connectivity index (χ1v) is 10.5. The van der Waals surface area contributed by atoms with Crippen LogP contribution in [-0.4, -0.2) is 61.6 Å². The van der Waals surface area contributed by atoms with Crippen LogP contribution in [0.3, 0.4) is 0 Å². The van der Waals surface area contributed by atoms with Crippen LogP contribution in [0.1, 0.15) is 66.7 Å². The highest BCUT2D eigenvalue weighted by Gasteiger charge is 2.22. The Kier molecular flexibility index (Phi) is 15.0. The normalized spacial score (nSPS) is 17.2. The summed E-state index contributed by atoms with van der Waals surface area (Å²) in [6.45, 7) is 15.2. The second kappa shape index (κ2) is 15.4. The monoisotopic (exact) mass is 495 g/mol. The van der Waals surface area contributed by atoms with E-state index >= 15 is 0 Å². The quantitative estimate of drug-likeness (QED) is 0.262. The van der Waals surface area contributed by atoms with Crippen molar-refractivity contribution in [1.82, 2.24) is 20.9 Å². The molecule has 1 heterocycles. The summed E-state index contributed by atoms with van der Waals surface area (Å²) in [7, 11) is 0. The number of hydrogen-bond acceptors (Lipinski definition) is 3. The molecule has 0 saturated carbocycles. The molecular formula is C20H42IN5O. The SMILES string of the molecule is CCNC(=NCC(C(C)C)N1CCCCCC1)NCCC(=O)NC(C)C.I. The van der Waals surface area contributed by atoms with E-state index in [1.165, 1.54) is 38.8 Å². The molecule has 0 radical (unpaired) electrons. The number of likely N-dealkylation sites (tertiary alicyclic amines) is 1. The lowest BCUT2D eigenvalue weighted by atomic mass is 10.0. The first-order valence-electron chi connectivity index (χ1n) is 10.5. The van der Waals surface area contributed by atoms with Crippen molar-refractivity contribution in [3.63, 3.8) is 0 Å². The summed E-state index contributed by atoms with van der Waals surface area (Å²) in [5, 5.41) is 9.51. The second-order valence-corrected chi connectivity index (χ2v) is 7.88. The zero-order chi connectivity index (χ0) is 19.4. The maximum absolute atomic E-state index is 11.8. The van der Waals surface area contributed by atoms with Gasteiger partial charge in [-0.1, -0.05) is 26.7 Å². The van der Waals surface area contributed by atoms with E-state index in [1.807, 2.05) is 13.8 Å². The number of amides is 1. The zero-order valence-corrected chi connectivity index (χ0v) is 20.3. The van der Waals surface area contributed by atoms with Gasteiger partial charge in [0.05, 0.1) is 6.54 Å². The van der Waals surface area contributed by atoms with E-state index in [0.29, 0.717) is 24.9 Å². The summed E-state index contributed by atoms with van der Waals surface area (Å²) in [5.41, 5.74) is 0. The van der Waals surface area contributed by atoms with Gasteiger partial charge < -0.3 is 16.0 Å². The minimum Gasteiger partial charge on any atom is -0.357 e. The van der Waals surface area contributed by atoms with Gasteiger partial charge in [0, 0.05) is 31.6 Å². The summed E-state index contributed by atoms with van der Waals surface area (Å²) in [5.74, 6) is 1.47. The fraction of sp³-hybridized carbons (Fsp3) is 0.900. The maximum Gasteiger partial charge on any atom is 0.221 e. The predicted octanol–water partition coefficient (Wildman–Crippen LogP) is 2.97. The highest BCUT2D eigenvalue weighted by atomic mass is 127. The van der Waals surface area contributed by atoms with Crippen molar-refractivity contribution in [3.8, 4) is 0 Å². The van der Waals surface area contributed by atoms with Gasteiger partial charge >= 0.3 is 0 Å². The topological polar surface area (TPSA) is 68.8 Å². The molecule has 1 fully saturated rings. The molecule has 1 unspecified atom stereocenters. The summed E-state index contributed by atoms with van der Waals surface area (Å²) >= 11 is 0. The third-order valence-electron chi connectivity index (χ3n) is 4.75. The molecule has 0 spiro atoms. The molecule has 1 saturated heterocycles. The van der Waals surface area contributed by atoms with Crippen molar-refractivity contribution in [2.75, 3.05) is 32.7 Å². The van der Waals surface area contributed by atoms with Gasteiger partial charge in [0.25, 0.3) is 0 Å². The molecule has 1 aliphatic heterocycles. The van der Waals surface area contributed by atoms with Gasteiger partial charge in [-0.25, -0.2) is 0 Å². The van der Waals surface area contributed by atoms with Crippen LogP contribution >= 0.6 is 24.0 Å².